The van der Waals surface area contributed by atoms with Gasteiger partial charge in [-0.1, -0.05) is 43.7 Å². The van der Waals surface area contributed by atoms with Crippen LogP contribution >= 0.6 is 0 Å². The number of hydrogen-bond donors (Lipinski definition) is 2. The first-order valence-electron chi connectivity index (χ1n) is 7.51. The fourth-order valence-corrected chi connectivity index (χ4v) is 3.02. The minimum absolute atomic E-state index is 0.204. The Labute approximate surface area is 132 Å². The van der Waals surface area contributed by atoms with Crippen LogP contribution in [0.1, 0.15) is 33.6 Å². The average Bonchev–Trinajstić information content (AvgIpc) is 2.38. The molecule has 0 atom stereocenters. The third-order valence-corrected chi connectivity index (χ3v) is 3.81. The maximum Gasteiger partial charge on any atom is 0.156 e. The molecule has 4 N–H and O–H groups in total. The Bertz CT molecular complexity index is 688. The molecule has 0 heterocycles. The minimum atomic E-state index is 0.204. The molecule has 0 unspecified atom stereocenters. The zero-order valence-corrected chi connectivity index (χ0v) is 13.5. The van der Waals surface area contributed by atoms with Crippen molar-refractivity contribution in [1.82, 2.24) is 0 Å². The molecule has 2 aromatic rings. The van der Waals surface area contributed by atoms with E-state index in [4.69, 9.17) is 11.5 Å². The molecular weight excluding hydrogens is 272 g/mol. The van der Waals surface area contributed by atoms with Crippen LogP contribution in [-0.2, 0) is 4.79 Å². The molecule has 3 heteroatoms. The van der Waals surface area contributed by atoms with Crippen LogP contribution < -0.4 is 11.5 Å². The summed E-state index contributed by atoms with van der Waals surface area (Å²) in [5.74, 6) is 0.286. The van der Waals surface area contributed by atoms with E-state index in [0.717, 1.165) is 28.6 Å². The van der Waals surface area contributed by atoms with E-state index in [1.165, 1.54) is 5.57 Å². The third-order valence-electron chi connectivity index (χ3n) is 3.81. The Balaban J connectivity index is 0.000000164. The van der Waals surface area contributed by atoms with Crippen molar-refractivity contribution in [2.75, 3.05) is 11.5 Å². The van der Waals surface area contributed by atoms with Crippen LogP contribution in [-0.4, -0.2) is 5.78 Å². The summed E-state index contributed by atoms with van der Waals surface area (Å²) in [6, 6.07) is 11.5. The zero-order valence-electron chi connectivity index (χ0n) is 13.5. The molecule has 0 bridgehead atoms. The normalized spacial score (nSPS) is 16.7. The SMILES string of the molecule is CC1=CC(=O)CC(C)(C)C1.Nc1cccc2c(N)cccc12. The monoisotopic (exact) mass is 296 g/mol. The maximum absolute atomic E-state index is 11.0. The molecule has 0 spiro atoms. The summed E-state index contributed by atoms with van der Waals surface area (Å²) in [4.78, 5) is 11.0. The van der Waals surface area contributed by atoms with Crippen molar-refractivity contribution < 1.29 is 4.79 Å². The number of nitrogen functional groups attached to an aromatic ring is 2. The van der Waals surface area contributed by atoms with Gasteiger partial charge in [0.2, 0.25) is 0 Å². The predicted molar refractivity (Wildman–Crippen MR) is 94.6 cm³/mol. The van der Waals surface area contributed by atoms with Gasteiger partial charge in [-0.3, -0.25) is 4.79 Å². The van der Waals surface area contributed by atoms with Gasteiger partial charge in [0.25, 0.3) is 0 Å². The molecule has 0 aliphatic heterocycles. The quantitative estimate of drug-likeness (QED) is 0.711. The molecule has 22 heavy (non-hydrogen) atoms. The lowest BCUT2D eigenvalue weighted by atomic mass is 9.77. The Morgan fingerprint density at radius 2 is 1.41 bits per heavy atom. The van der Waals surface area contributed by atoms with Gasteiger partial charge in [-0.2, -0.15) is 0 Å². The van der Waals surface area contributed by atoms with E-state index in [-0.39, 0.29) is 11.2 Å². The van der Waals surface area contributed by atoms with E-state index in [9.17, 15) is 4.79 Å². The smallest absolute Gasteiger partial charge is 0.156 e. The van der Waals surface area contributed by atoms with E-state index < -0.39 is 0 Å². The summed E-state index contributed by atoms with van der Waals surface area (Å²) in [6.45, 7) is 6.31. The van der Waals surface area contributed by atoms with Crippen molar-refractivity contribution in [2.24, 2.45) is 5.41 Å². The number of carbonyl (C=O) groups is 1. The molecule has 0 saturated carbocycles. The molecule has 3 nitrogen and oxygen atoms in total. The Morgan fingerprint density at radius 1 is 0.909 bits per heavy atom. The average molecular weight is 296 g/mol. The second-order valence-electron chi connectivity index (χ2n) is 6.76. The van der Waals surface area contributed by atoms with Gasteiger partial charge in [-0.15, -0.1) is 0 Å². The maximum atomic E-state index is 11.0. The molecule has 1 aliphatic carbocycles. The highest BCUT2D eigenvalue weighted by Gasteiger charge is 2.25. The number of fused-ring (bicyclic) bond motifs is 1. The number of anilines is 2. The first kappa shape index (κ1) is 16.1. The van der Waals surface area contributed by atoms with Crippen molar-refractivity contribution in [3.8, 4) is 0 Å². The summed E-state index contributed by atoms with van der Waals surface area (Å²) in [7, 11) is 0. The molecule has 0 fully saturated rings. The Hall–Kier alpha value is -2.29. The van der Waals surface area contributed by atoms with E-state index in [0.29, 0.717) is 6.42 Å². The molecule has 0 saturated heterocycles. The van der Waals surface area contributed by atoms with Crippen molar-refractivity contribution in [3.63, 3.8) is 0 Å². The standard InChI is InChI=1S/C10H10N2.C9H14O/c11-9-5-1-3-7-8(9)4-2-6-10(7)12;1-7-4-8(10)6-9(2,3)5-7/h1-6H,11-12H2;4H,5-6H2,1-3H3. The van der Waals surface area contributed by atoms with E-state index >= 15 is 0 Å². The lowest BCUT2D eigenvalue weighted by molar-refractivity contribution is -0.117. The molecule has 1 aliphatic rings. The van der Waals surface area contributed by atoms with E-state index in [2.05, 4.69) is 13.8 Å². The Kier molecular flexibility index (Phi) is 4.55. The molecular formula is C19H24N2O. The molecule has 0 radical (unpaired) electrons. The van der Waals surface area contributed by atoms with Gasteiger partial charge in [0.05, 0.1) is 0 Å². The number of nitrogens with two attached hydrogens (primary N) is 2. The molecule has 3 rings (SSSR count). The number of rotatable bonds is 0. The van der Waals surface area contributed by atoms with Crippen LogP contribution in [0.15, 0.2) is 48.0 Å². The van der Waals surface area contributed by atoms with Gasteiger partial charge >= 0.3 is 0 Å². The predicted octanol–water partition coefficient (Wildman–Crippen LogP) is 4.33. The van der Waals surface area contributed by atoms with E-state index in [1.807, 2.05) is 43.3 Å². The number of hydrogen-bond acceptors (Lipinski definition) is 3. The summed E-state index contributed by atoms with van der Waals surface area (Å²) in [6.07, 6.45) is 3.55. The topological polar surface area (TPSA) is 69.1 Å². The highest BCUT2D eigenvalue weighted by atomic mass is 16.1. The van der Waals surface area contributed by atoms with Gasteiger partial charge in [-0.25, -0.2) is 0 Å². The first-order chi connectivity index (χ1) is 10.3. The van der Waals surface area contributed by atoms with Crippen LogP contribution in [0.4, 0.5) is 11.4 Å². The van der Waals surface area contributed by atoms with Gasteiger partial charge in [-0.05, 0) is 37.0 Å². The number of ketones is 1. The van der Waals surface area contributed by atoms with Crippen LogP contribution in [0.3, 0.4) is 0 Å². The largest absolute Gasteiger partial charge is 0.398 e. The van der Waals surface area contributed by atoms with Gasteiger partial charge in [0.15, 0.2) is 5.78 Å². The van der Waals surface area contributed by atoms with Gasteiger partial charge in [0, 0.05) is 28.6 Å². The van der Waals surface area contributed by atoms with Crippen LogP contribution in [0.25, 0.3) is 10.8 Å². The molecule has 0 amide bonds. The second kappa shape index (κ2) is 6.22. The molecule has 2 aromatic carbocycles. The van der Waals surface area contributed by atoms with E-state index in [1.54, 1.807) is 6.08 Å². The zero-order chi connectivity index (χ0) is 16.3. The first-order valence-corrected chi connectivity index (χ1v) is 7.51. The van der Waals surface area contributed by atoms with Crippen molar-refractivity contribution in [2.45, 2.75) is 33.6 Å². The fourth-order valence-electron chi connectivity index (χ4n) is 3.02. The summed E-state index contributed by atoms with van der Waals surface area (Å²) in [5, 5.41) is 2.05. The van der Waals surface area contributed by atoms with Crippen molar-refractivity contribution >= 4 is 27.9 Å². The van der Waals surface area contributed by atoms with Crippen LogP contribution in [0.5, 0.6) is 0 Å². The van der Waals surface area contributed by atoms with Crippen LogP contribution in [0, 0.1) is 5.41 Å². The lowest BCUT2D eigenvalue weighted by Crippen LogP contribution is -2.20. The molecule has 0 aromatic heterocycles. The lowest BCUT2D eigenvalue weighted by Gasteiger charge is -2.27. The highest BCUT2D eigenvalue weighted by molar-refractivity contribution is 5.99. The number of allylic oxidation sites excluding steroid dienone is 2. The number of carbonyl (C=O) groups excluding carboxylic acids is 1. The summed E-state index contributed by atoms with van der Waals surface area (Å²) >= 11 is 0. The number of benzene rings is 2. The summed E-state index contributed by atoms with van der Waals surface area (Å²) in [5.41, 5.74) is 14.5. The van der Waals surface area contributed by atoms with Crippen molar-refractivity contribution in [3.05, 3.63) is 48.0 Å². The summed E-state index contributed by atoms with van der Waals surface area (Å²) < 4.78 is 0. The van der Waals surface area contributed by atoms with Crippen LogP contribution in [0.2, 0.25) is 0 Å². The fraction of sp³-hybridized carbons (Fsp3) is 0.316. The third kappa shape index (κ3) is 3.88. The van der Waals surface area contributed by atoms with Gasteiger partial charge in [0.1, 0.15) is 0 Å². The minimum Gasteiger partial charge on any atom is -0.398 e. The molecule has 116 valence electrons. The van der Waals surface area contributed by atoms with Gasteiger partial charge < -0.3 is 11.5 Å². The highest BCUT2D eigenvalue weighted by Crippen LogP contribution is 2.32. The Morgan fingerprint density at radius 3 is 1.82 bits per heavy atom. The van der Waals surface area contributed by atoms with Crippen molar-refractivity contribution in [1.29, 1.82) is 0 Å². The second-order valence-corrected chi connectivity index (χ2v) is 6.76.